The number of nitrogens with two attached hydrogens (primary N) is 1. The van der Waals surface area contributed by atoms with Crippen molar-refractivity contribution in [3.63, 3.8) is 0 Å². The van der Waals surface area contributed by atoms with Crippen LogP contribution >= 0.6 is 11.6 Å². The van der Waals surface area contributed by atoms with Crippen LogP contribution in [0.1, 0.15) is 0 Å². The normalized spacial score (nSPS) is 9.90. The van der Waals surface area contributed by atoms with Gasteiger partial charge >= 0.3 is 0 Å². The lowest BCUT2D eigenvalue weighted by molar-refractivity contribution is -0.539. The first-order chi connectivity index (χ1) is 4.74. The molecule has 0 amide bonds. The molecule has 1 rings (SSSR count). The Morgan fingerprint density at radius 3 is 2.70 bits per heavy atom. The van der Waals surface area contributed by atoms with Gasteiger partial charge in [-0.15, -0.1) is 0 Å². The van der Waals surface area contributed by atoms with Crippen LogP contribution in [0.3, 0.4) is 0 Å². The number of rotatable bonds is 1. The average Bonchev–Trinajstić information content (AvgIpc) is 1.88. The van der Waals surface area contributed by atoms with Gasteiger partial charge in [-0.2, -0.15) is 0 Å². The summed E-state index contributed by atoms with van der Waals surface area (Å²) < 4.78 is 12.4. The topological polar surface area (TPSA) is 16.6 Å². The van der Waals surface area contributed by atoms with Crippen LogP contribution in [0.5, 0.6) is 0 Å². The first kappa shape index (κ1) is 7.51. The smallest absolute Gasteiger partial charge is 0.148 e. The minimum Gasteiger partial charge on any atom is -0.315 e. The summed E-state index contributed by atoms with van der Waals surface area (Å²) in [5.41, 5.74) is 0.864. The molecule has 0 heterocycles. The van der Waals surface area contributed by atoms with Gasteiger partial charge in [0.15, 0.2) is 0 Å². The molecule has 0 unspecified atom stereocenters. The molecule has 3 heteroatoms. The molecule has 0 spiro atoms. The molecule has 10 heavy (non-hydrogen) atoms. The van der Waals surface area contributed by atoms with Crippen LogP contribution in [-0.2, 0) is 0 Å². The van der Waals surface area contributed by atoms with Crippen LogP contribution in [0.4, 0.5) is 10.1 Å². The predicted octanol–water partition coefficient (Wildman–Crippen LogP) is 1.30. The molecule has 0 bridgehead atoms. The van der Waals surface area contributed by atoms with Gasteiger partial charge < -0.3 is 5.32 Å². The van der Waals surface area contributed by atoms with Crippen LogP contribution in [0.2, 0.25) is 5.02 Å². The van der Waals surface area contributed by atoms with E-state index in [0.29, 0.717) is 5.02 Å². The summed E-state index contributed by atoms with van der Waals surface area (Å²) in [5.74, 6) is -0.296. The third kappa shape index (κ3) is 1.46. The Bertz CT molecular complexity index is 237. The predicted molar refractivity (Wildman–Crippen MR) is 38.9 cm³/mol. The van der Waals surface area contributed by atoms with E-state index in [1.54, 1.807) is 6.07 Å². The van der Waals surface area contributed by atoms with Gasteiger partial charge in [0.05, 0.1) is 7.05 Å². The second-order valence-corrected chi connectivity index (χ2v) is 2.36. The Labute approximate surface area is 63.8 Å². The molecular weight excluding hydrogens is 153 g/mol. The summed E-state index contributed by atoms with van der Waals surface area (Å²) in [6.07, 6.45) is 0. The third-order valence-electron chi connectivity index (χ3n) is 1.27. The maximum Gasteiger partial charge on any atom is 0.148 e. The van der Waals surface area contributed by atoms with Gasteiger partial charge in [0, 0.05) is 6.07 Å². The van der Waals surface area contributed by atoms with Crippen molar-refractivity contribution < 1.29 is 9.71 Å². The second-order valence-electron chi connectivity index (χ2n) is 1.95. The lowest BCUT2D eigenvalue weighted by atomic mass is 10.3. The first-order valence-electron chi connectivity index (χ1n) is 2.98. The molecule has 0 aliphatic rings. The molecule has 2 N–H and O–H groups in total. The monoisotopic (exact) mass is 160 g/mol. The molecule has 0 aliphatic carbocycles. The van der Waals surface area contributed by atoms with Crippen LogP contribution < -0.4 is 5.32 Å². The van der Waals surface area contributed by atoms with E-state index in [2.05, 4.69) is 0 Å². The maximum atomic E-state index is 12.4. The standard InChI is InChI=1S/C7H7ClFN/c1-10-7-3-2-5(9)4-6(7)8/h2-4,10H,1H3/p+1. The van der Waals surface area contributed by atoms with Crippen LogP contribution in [0.15, 0.2) is 18.2 Å². The third-order valence-corrected chi connectivity index (χ3v) is 1.60. The summed E-state index contributed by atoms with van der Waals surface area (Å²) in [4.78, 5) is 0. The maximum absolute atomic E-state index is 12.4. The molecule has 0 saturated heterocycles. The van der Waals surface area contributed by atoms with E-state index in [4.69, 9.17) is 11.6 Å². The highest BCUT2D eigenvalue weighted by Gasteiger charge is 2.01. The highest BCUT2D eigenvalue weighted by molar-refractivity contribution is 6.32. The van der Waals surface area contributed by atoms with Crippen molar-refractivity contribution in [3.8, 4) is 0 Å². The molecule has 1 nitrogen and oxygen atoms in total. The summed E-state index contributed by atoms with van der Waals surface area (Å²) in [7, 11) is 1.86. The van der Waals surface area contributed by atoms with E-state index < -0.39 is 0 Å². The Hall–Kier alpha value is -0.600. The molecule has 0 atom stereocenters. The summed E-state index contributed by atoms with van der Waals surface area (Å²) >= 11 is 5.66. The fourth-order valence-electron chi connectivity index (χ4n) is 0.736. The number of hydrogen-bond acceptors (Lipinski definition) is 0. The van der Waals surface area contributed by atoms with Crippen molar-refractivity contribution in [1.29, 1.82) is 0 Å². The summed E-state index contributed by atoms with van der Waals surface area (Å²) in [6.45, 7) is 0. The zero-order chi connectivity index (χ0) is 7.56. The first-order valence-corrected chi connectivity index (χ1v) is 3.36. The largest absolute Gasteiger partial charge is 0.315 e. The number of benzene rings is 1. The van der Waals surface area contributed by atoms with Crippen LogP contribution in [0.25, 0.3) is 0 Å². The zero-order valence-corrected chi connectivity index (χ0v) is 6.32. The van der Waals surface area contributed by atoms with E-state index in [0.717, 1.165) is 5.69 Å². The van der Waals surface area contributed by atoms with Crippen LogP contribution in [-0.4, -0.2) is 7.05 Å². The minimum atomic E-state index is -0.296. The molecule has 0 aliphatic heterocycles. The highest BCUT2D eigenvalue weighted by atomic mass is 35.5. The molecule has 1 aromatic rings. The molecule has 0 radical (unpaired) electrons. The molecule has 0 aromatic heterocycles. The van der Waals surface area contributed by atoms with E-state index in [1.165, 1.54) is 12.1 Å². The van der Waals surface area contributed by atoms with E-state index >= 15 is 0 Å². The highest BCUT2D eigenvalue weighted by Crippen LogP contribution is 2.17. The number of halogens is 2. The van der Waals surface area contributed by atoms with Gasteiger partial charge in [-0.3, -0.25) is 0 Å². The quantitative estimate of drug-likeness (QED) is 0.597. The number of hydrogen-bond donors (Lipinski definition) is 1. The van der Waals surface area contributed by atoms with Gasteiger partial charge in [0.1, 0.15) is 16.5 Å². The van der Waals surface area contributed by atoms with E-state index in [1.807, 2.05) is 12.4 Å². The SMILES string of the molecule is C[NH2+]c1ccc(F)cc1Cl. The van der Waals surface area contributed by atoms with Gasteiger partial charge in [0.2, 0.25) is 0 Å². The Morgan fingerprint density at radius 1 is 1.50 bits per heavy atom. The van der Waals surface area contributed by atoms with Gasteiger partial charge in [-0.05, 0) is 12.1 Å². The van der Waals surface area contributed by atoms with Gasteiger partial charge in [-0.25, -0.2) is 4.39 Å². The van der Waals surface area contributed by atoms with Crippen molar-refractivity contribution in [2.75, 3.05) is 7.05 Å². The van der Waals surface area contributed by atoms with Crippen LogP contribution in [0, 0.1) is 5.82 Å². The fraction of sp³-hybridized carbons (Fsp3) is 0.143. The molecule has 0 fully saturated rings. The summed E-state index contributed by atoms with van der Waals surface area (Å²) in [5, 5.41) is 2.30. The molecular formula is C7H8ClFN+. The van der Waals surface area contributed by atoms with Gasteiger partial charge in [0.25, 0.3) is 0 Å². The Morgan fingerprint density at radius 2 is 2.20 bits per heavy atom. The van der Waals surface area contributed by atoms with E-state index in [9.17, 15) is 4.39 Å². The molecule has 1 aromatic carbocycles. The molecule has 54 valence electrons. The zero-order valence-electron chi connectivity index (χ0n) is 5.57. The van der Waals surface area contributed by atoms with E-state index in [-0.39, 0.29) is 5.82 Å². The summed E-state index contributed by atoms with van der Waals surface area (Å²) in [6, 6.07) is 4.34. The molecule has 0 saturated carbocycles. The average molecular weight is 161 g/mol. The lowest BCUT2D eigenvalue weighted by Crippen LogP contribution is -2.72. The van der Waals surface area contributed by atoms with Crippen molar-refractivity contribution >= 4 is 17.3 Å². The van der Waals surface area contributed by atoms with Crippen molar-refractivity contribution in [3.05, 3.63) is 29.0 Å². The van der Waals surface area contributed by atoms with Crippen molar-refractivity contribution in [2.45, 2.75) is 0 Å². The Kier molecular flexibility index (Phi) is 2.25. The Balaban J connectivity index is 3.07. The lowest BCUT2D eigenvalue weighted by Gasteiger charge is -1.95. The fourth-order valence-corrected chi connectivity index (χ4v) is 1.01. The number of quaternary nitrogens is 1. The van der Waals surface area contributed by atoms with Gasteiger partial charge in [-0.1, -0.05) is 11.6 Å². The minimum absolute atomic E-state index is 0.296. The van der Waals surface area contributed by atoms with Crippen molar-refractivity contribution in [2.24, 2.45) is 0 Å². The second kappa shape index (κ2) is 2.99. The van der Waals surface area contributed by atoms with Crippen molar-refractivity contribution in [1.82, 2.24) is 0 Å².